The number of nitrogens with zero attached hydrogens (tertiary/aromatic N) is 1. The third kappa shape index (κ3) is 6.89. The molecule has 0 saturated heterocycles. The van der Waals surface area contributed by atoms with E-state index in [9.17, 15) is 31.5 Å². The van der Waals surface area contributed by atoms with Gasteiger partial charge in [0.25, 0.3) is 6.43 Å². The summed E-state index contributed by atoms with van der Waals surface area (Å²) >= 11 is 1.02. The summed E-state index contributed by atoms with van der Waals surface area (Å²) in [6.45, 7) is 4.75. The first-order valence-corrected chi connectivity index (χ1v) is 10.8. The van der Waals surface area contributed by atoms with Gasteiger partial charge in [0.2, 0.25) is 5.91 Å². The SMILES string of the molecule is COC(=O)c1c(C(F)F)nc(C(F)(F)F)c(CSc2ccc(NC(C)=O)cc2)c1CC(C)C. The van der Waals surface area contributed by atoms with Gasteiger partial charge in [-0.3, -0.25) is 4.79 Å². The maximum absolute atomic E-state index is 13.9. The summed E-state index contributed by atoms with van der Waals surface area (Å²) in [4.78, 5) is 27.2. The van der Waals surface area contributed by atoms with Crippen molar-refractivity contribution in [2.24, 2.45) is 5.92 Å². The fourth-order valence-corrected chi connectivity index (χ4v) is 4.15. The number of benzene rings is 1. The number of hydrogen-bond acceptors (Lipinski definition) is 5. The Labute approximate surface area is 192 Å². The van der Waals surface area contributed by atoms with E-state index in [4.69, 9.17) is 0 Å². The van der Waals surface area contributed by atoms with Crippen molar-refractivity contribution in [3.05, 3.63) is 52.3 Å². The number of hydrogen-bond donors (Lipinski definition) is 1. The van der Waals surface area contributed by atoms with E-state index in [0.29, 0.717) is 10.6 Å². The first kappa shape index (κ1) is 26.6. The van der Waals surface area contributed by atoms with E-state index >= 15 is 0 Å². The maximum Gasteiger partial charge on any atom is 0.433 e. The molecule has 2 aromatic rings. The van der Waals surface area contributed by atoms with Gasteiger partial charge in [0.15, 0.2) is 0 Å². The highest BCUT2D eigenvalue weighted by Gasteiger charge is 2.40. The number of aromatic nitrogens is 1. The quantitative estimate of drug-likeness (QED) is 0.268. The molecule has 5 nitrogen and oxygen atoms in total. The van der Waals surface area contributed by atoms with Crippen molar-refractivity contribution in [1.82, 2.24) is 4.98 Å². The van der Waals surface area contributed by atoms with Gasteiger partial charge >= 0.3 is 12.1 Å². The minimum absolute atomic E-state index is 0.0485. The van der Waals surface area contributed by atoms with Crippen molar-refractivity contribution in [1.29, 1.82) is 0 Å². The minimum atomic E-state index is -5.00. The molecule has 1 aromatic heterocycles. The van der Waals surface area contributed by atoms with E-state index in [1.54, 1.807) is 38.1 Å². The van der Waals surface area contributed by atoms with Gasteiger partial charge in [-0.1, -0.05) is 13.8 Å². The van der Waals surface area contributed by atoms with Crippen LogP contribution in [0.25, 0.3) is 0 Å². The third-order valence-corrected chi connectivity index (χ3v) is 5.51. The van der Waals surface area contributed by atoms with Gasteiger partial charge in [0.05, 0.1) is 12.7 Å². The summed E-state index contributed by atoms with van der Waals surface area (Å²) in [6, 6.07) is 6.38. The fourth-order valence-electron chi connectivity index (χ4n) is 3.20. The number of nitrogens with one attached hydrogen (secondary N) is 1. The second kappa shape index (κ2) is 11.0. The number of carbonyl (C=O) groups is 2. The van der Waals surface area contributed by atoms with Gasteiger partial charge in [-0.25, -0.2) is 18.6 Å². The number of thioether (sulfide) groups is 1. The van der Waals surface area contributed by atoms with Crippen molar-refractivity contribution in [2.75, 3.05) is 12.4 Å². The lowest BCUT2D eigenvalue weighted by molar-refractivity contribution is -0.142. The normalized spacial score (nSPS) is 11.7. The number of halogens is 5. The lowest BCUT2D eigenvalue weighted by Crippen LogP contribution is -2.22. The van der Waals surface area contributed by atoms with Crippen LogP contribution in [0.5, 0.6) is 0 Å². The lowest BCUT2D eigenvalue weighted by atomic mass is 9.91. The van der Waals surface area contributed by atoms with E-state index in [1.165, 1.54) is 6.92 Å². The molecule has 0 fully saturated rings. The summed E-state index contributed by atoms with van der Waals surface area (Å²) in [6.07, 6.45) is -8.45. The molecule has 0 bridgehead atoms. The van der Waals surface area contributed by atoms with Crippen LogP contribution in [0, 0.1) is 5.92 Å². The van der Waals surface area contributed by atoms with Crippen LogP contribution in [0.4, 0.5) is 27.6 Å². The van der Waals surface area contributed by atoms with Crippen LogP contribution in [-0.2, 0) is 27.9 Å². The monoisotopic (exact) mass is 490 g/mol. The third-order valence-electron chi connectivity index (χ3n) is 4.48. The summed E-state index contributed by atoms with van der Waals surface area (Å²) < 4.78 is 73.5. The Morgan fingerprint density at radius 3 is 2.18 bits per heavy atom. The number of ether oxygens (including phenoxy) is 1. The molecule has 0 spiro atoms. The number of esters is 1. The van der Waals surface area contributed by atoms with Gasteiger partial charge in [-0.05, 0) is 47.7 Å². The zero-order chi connectivity index (χ0) is 24.9. The molecule has 0 aliphatic rings. The van der Waals surface area contributed by atoms with E-state index in [1.807, 2.05) is 0 Å². The highest BCUT2D eigenvalue weighted by Crippen LogP contribution is 2.40. The van der Waals surface area contributed by atoms with E-state index in [2.05, 4.69) is 15.0 Å². The molecule has 0 aliphatic heterocycles. The van der Waals surface area contributed by atoms with E-state index in [0.717, 1.165) is 18.9 Å². The zero-order valence-corrected chi connectivity index (χ0v) is 19.2. The molecule has 1 heterocycles. The summed E-state index contributed by atoms with van der Waals surface area (Å²) in [7, 11) is 0.972. The highest BCUT2D eigenvalue weighted by molar-refractivity contribution is 7.98. The zero-order valence-electron chi connectivity index (χ0n) is 18.3. The van der Waals surface area contributed by atoms with Gasteiger partial charge in [-0.2, -0.15) is 13.2 Å². The standard InChI is InChI=1S/C22H23F5N2O3S/c1-11(2)9-15-16(10-33-14-7-5-13(6-8-14)28-12(3)30)19(22(25,26)27)29-18(20(23)24)17(15)21(31)32-4/h5-8,11,20H,9-10H2,1-4H3,(H,28,30). The Balaban J connectivity index is 2.62. The van der Waals surface area contributed by atoms with Gasteiger partial charge < -0.3 is 10.1 Å². The Kier molecular flexibility index (Phi) is 8.82. The average molecular weight is 490 g/mol. The molecule has 1 amide bonds. The first-order valence-electron chi connectivity index (χ1n) is 9.84. The molecule has 11 heteroatoms. The molecule has 0 unspecified atom stereocenters. The van der Waals surface area contributed by atoms with E-state index in [-0.39, 0.29) is 35.1 Å². The molecule has 0 radical (unpaired) electrons. The summed E-state index contributed by atoms with van der Waals surface area (Å²) in [5.74, 6) is -1.93. The fraction of sp³-hybridized carbons (Fsp3) is 0.409. The van der Waals surface area contributed by atoms with Crippen LogP contribution in [0.1, 0.15) is 60.1 Å². The van der Waals surface area contributed by atoms with Crippen molar-refractivity contribution < 1.29 is 36.3 Å². The van der Waals surface area contributed by atoms with Gasteiger partial charge in [0, 0.05) is 23.3 Å². The summed E-state index contributed by atoms with van der Waals surface area (Å²) in [5, 5.41) is 2.58. The molecule has 1 aromatic carbocycles. The first-order chi connectivity index (χ1) is 15.3. The predicted molar refractivity (Wildman–Crippen MR) is 114 cm³/mol. The largest absolute Gasteiger partial charge is 0.465 e. The Morgan fingerprint density at radius 1 is 1.12 bits per heavy atom. The number of anilines is 1. The van der Waals surface area contributed by atoms with Crippen molar-refractivity contribution >= 4 is 29.3 Å². The van der Waals surface area contributed by atoms with Crippen LogP contribution in [-0.4, -0.2) is 24.0 Å². The van der Waals surface area contributed by atoms with Crippen LogP contribution >= 0.6 is 11.8 Å². The smallest absolute Gasteiger partial charge is 0.433 e. The molecule has 0 atom stereocenters. The van der Waals surface area contributed by atoms with Crippen molar-refractivity contribution in [3.63, 3.8) is 0 Å². The average Bonchev–Trinajstić information content (AvgIpc) is 2.70. The van der Waals surface area contributed by atoms with Gasteiger partial charge in [-0.15, -0.1) is 11.8 Å². The number of pyridine rings is 1. The number of amides is 1. The Bertz CT molecular complexity index is 1010. The molecular formula is C22H23F5N2O3S. The molecule has 180 valence electrons. The van der Waals surface area contributed by atoms with Crippen LogP contribution in [0.15, 0.2) is 29.2 Å². The second-order valence-corrected chi connectivity index (χ2v) is 8.61. The molecule has 33 heavy (non-hydrogen) atoms. The Hall–Kier alpha value is -2.69. The van der Waals surface area contributed by atoms with Crippen LogP contribution in [0.3, 0.4) is 0 Å². The summed E-state index contributed by atoms with van der Waals surface area (Å²) in [5.41, 5.74) is -3.26. The van der Waals surface area contributed by atoms with Crippen LogP contribution in [0.2, 0.25) is 0 Å². The Morgan fingerprint density at radius 2 is 1.73 bits per heavy atom. The van der Waals surface area contributed by atoms with Crippen LogP contribution < -0.4 is 5.32 Å². The molecule has 2 rings (SSSR count). The van der Waals surface area contributed by atoms with Gasteiger partial charge in [0.1, 0.15) is 11.4 Å². The second-order valence-electron chi connectivity index (χ2n) is 7.56. The number of carbonyl (C=O) groups excluding carboxylic acids is 2. The molecule has 0 aliphatic carbocycles. The number of rotatable bonds is 8. The molecule has 1 N–H and O–H groups in total. The maximum atomic E-state index is 13.9. The van der Waals surface area contributed by atoms with E-state index < -0.39 is 35.5 Å². The molecular weight excluding hydrogens is 467 g/mol. The molecule has 0 saturated carbocycles. The number of methoxy groups -OCH3 is 1. The van der Waals surface area contributed by atoms with Crippen molar-refractivity contribution in [2.45, 2.75) is 50.4 Å². The lowest BCUT2D eigenvalue weighted by Gasteiger charge is -2.22. The van der Waals surface area contributed by atoms with Crippen molar-refractivity contribution in [3.8, 4) is 0 Å². The minimum Gasteiger partial charge on any atom is -0.465 e. The highest BCUT2D eigenvalue weighted by atomic mass is 32.2. The topological polar surface area (TPSA) is 68.3 Å². The predicted octanol–water partition coefficient (Wildman–Crippen LogP) is 6.27. The number of alkyl halides is 5.